The Bertz CT molecular complexity index is 363. The zero-order chi connectivity index (χ0) is 11.4. The average molecular weight is 273 g/mol. The van der Waals surface area contributed by atoms with Gasteiger partial charge in [-0.3, -0.25) is 4.79 Å². The Labute approximate surface area is 96.9 Å². The number of aliphatic hydroxyl groups excluding tert-OH is 1. The molecule has 2 N–H and O–H groups in total. The lowest BCUT2D eigenvalue weighted by atomic mass is 10.0. The Morgan fingerprint density at radius 3 is 2.67 bits per heavy atom. The van der Waals surface area contributed by atoms with Gasteiger partial charge >= 0.3 is 5.97 Å². The third-order valence-electron chi connectivity index (χ3n) is 2.25. The van der Waals surface area contributed by atoms with Crippen LogP contribution in [-0.4, -0.2) is 16.2 Å². The van der Waals surface area contributed by atoms with E-state index in [-0.39, 0.29) is 6.61 Å². The van der Waals surface area contributed by atoms with E-state index in [0.29, 0.717) is 6.42 Å². The van der Waals surface area contributed by atoms with Crippen molar-refractivity contribution in [1.82, 2.24) is 0 Å². The minimum Gasteiger partial charge on any atom is -0.481 e. The molecule has 82 valence electrons. The fourth-order valence-corrected chi connectivity index (χ4v) is 1.86. The monoisotopic (exact) mass is 272 g/mol. The molecular weight excluding hydrogens is 260 g/mol. The maximum Gasteiger partial charge on any atom is 0.306 e. The molecule has 1 atom stereocenters. The second-order valence-electron chi connectivity index (χ2n) is 3.53. The molecule has 0 aromatic heterocycles. The lowest BCUT2D eigenvalue weighted by molar-refractivity contribution is -0.141. The van der Waals surface area contributed by atoms with E-state index in [1.54, 1.807) is 13.0 Å². The fourth-order valence-electron chi connectivity index (χ4n) is 1.27. The van der Waals surface area contributed by atoms with Crippen molar-refractivity contribution in [3.8, 4) is 0 Å². The smallest absolute Gasteiger partial charge is 0.306 e. The Hall–Kier alpha value is -0.870. The SMILES string of the molecule is CC(Cc1ccc(CO)cc1Br)C(=O)O. The summed E-state index contributed by atoms with van der Waals surface area (Å²) in [6.07, 6.45) is 0.488. The summed E-state index contributed by atoms with van der Waals surface area (Å²) >= 11 is 3.36. The van der Waals surface area contributed by atoms with Crippen molar-refractivity contribution in [2.24, 2.45) is 5.92 Å². The summed E-state index contributed by atoms with van der Waals surface area (Å²) in [6.45, 7) is 1.67. The molecule has 15 heavy (non-hydrogen) atoms. The van der Waals surface area contributed by atoms with Crippen molar-refractivity contribution in [3.05, 3.63) is 33.8 Å². The summed E-state index contributed by atoms with van der Waals surface area (Å²) in [4.78, 5) is 10.7. The van der Waals surface area contributed by atoms with Gasteiger partial charge in [-0.2, -0.15) is 0 Å². The van der Waals surface area contributed by atoms with Crippen molar-refractivity contribution in [2.45, 2.75) is 20.0 Å². The van der Waals surface area contributed by atoms with Crippen molar-refractivity contribution in [1.29, 1.82) is 0 Å². The van der Waals surface area contributed by atoms with Crippen LogP contribution in [0.5, 0.6) is 0 Å². The average Bonchev–Trinajstić information content (AvgIpc) is 2.20. The molecule has 1 unspecified atom stereocenters. The first-order valence-electron chi connectivity index (χ1n) is 4.65. The topological polar surface area (TPSA) is 57.5 Å². The quantitative estimate of drug-likeness (QED) is 0.884. The molecule has 1 rings (SSSR count). The van der Waals surface area contributed by atoms with Crippen LogP contribution in [0.1, 0.15) is 18.1 Å². The van der Waals surface area contributed by atoms with Crippen LogP contribution in [0.2, 0.25) is 0 Å². The van der Waals surface area contributed by atoms with Crippen molar-refractivity contribution in [2.75, 3.05) is 0 Å². The molecule has 0 spiro atoms. The van der Waals surface area contributed by atoms with Crippen LogP contribution in [0.25, 0.3) is 0 Å². The summed E-state index contributed by atoms with van der Waals surface area (Å²) < 4.78 is 0.849. The van der Waals surface area contributed by atoms with Gasteiger partial charge in [0.05, 0.1) is 12.5 Å². The molecule has 1 aromatic carbocycles. The lowest BCUT2D eigenvalue weighted by Gasteiger charge is -2.09. The zero-order valence-electron chi connectivity index (χ0n) is 8.40. The van der Waals surface area contributed by atoms with Crippen LogP contribution < -0.4 is 0 Å². The number of hydrogen-bond acceptors (Lipinski definition) is 2. The van der Waals surface area contributed by atoms with Crippen LogP contribution in [0.3, 0.4) is 0 Å². The molecule has 0 aliphatic heterocycles. The zero-order valence-corrected chi connectivity index (χ0v) is 9.99. The van der Waals surface area contributed by atoms with E-state index in [2.05, 4.69) is 15.9 Å². The standard InChI is InChI=1S/C11H13BrO3/c1-7(11(14)15)4-9-3-2-8(6-13)5-10(9)12/h2-3,5,7,13H,4,6H2,1H3,(H,14,15). The van der Waals surface area contributed by atoms with E-state index < -0.39 is 11.9 Å². The van der Waals surface area contributed by atoms with Crippen LogP contribution in [0, 0.1) is 5.92 Å². The molecule has 0 radical (unpaired) electrons. The van der Waals surface area contributed by atoms with Gasteiger partial charge in [0.2, 0.25) is 0 Å². The van der Waals surface area contributed by atoms with Crippen molar-refractivity contribution in [3.63, 3.8) is 0 Å². The van der Waals surface area contributed by atoms with Gasteiger partial charge in [-0.1, -0.05) is 35.0 Å². The van der Waals surface area contributed by atoms with Crippen LogP contribution in [-0.2, 0) is 17.8 Å². The molecule has 3 nitrogen and oxygen atoms in total. The van der Waals surface area contributed by atoms with Crippen LogP contribution >= 0.6 is 15.9 Å². The van der Waals surface area contributed by atoms with Crippen LogP contribution in [0.15, 0.2) is 22.7 Å². The molecule has 0 aliphatic rings. The second-order valence-corrected chi connectivity index (χ2v) is 4.38. The predicted molar refractivity (Wildman–Crippen MR) is 60.6 cm³/mol. The van der Waals surface area contributed by atoms with Crippen molar-refractivity contribution >= 4 is 21.9 Å². The number of aliphatic carboxylic acids is 1. The number of carboxylic acid groups (broad SMARTS) is 1. The highest BCUT2D eigenvalue weighted by atomic mass is 79.9. The number of halogens is 1. The molecule has 1 aromatic rings. The van der Waals surface area contributed by atoms with Gasteiger partial charge in [0.25, 0.3) is 0 Å². The third-order valence-corrected chi connectivity index (χ3v) is 2.99. The maximum absolute atomic E-state index is 10.7. The largest absolute Gasteiger partial charge is 0.481 e. The van der Waals surface area contributed by atoms with Gasteiger partial charge in [-0.05, 0) is 23.6 Å². The van der Waals surface area contributed by atoms with Gasteiger partial charge in [-0.25, -0.2) is 0 Å². The molecule has 0 heterocycles. The van der Waals surface area contributed by atoms with E-state index in [1.165, 1.54) is 0 Å². The van der Waals surface area contributed by atoms with Gasteiger partial charge in [-0.15, -0.1) is 0 Å². The minimum atomic E-state index is -0.798. The Morgan fingerprint density at radius 2 is 2.20 bits per heavy atom. The predicted octanol–water partition coefficient (Wildman–Crippen LogP) is 2.20. The first-order valence-corrected chi connectivity index (χ1v) is 5.45. The molecule has 0 aliphatic carbocycles. The van der Waals surface area contributed by atoms with Gasteiger partial charge < -0.3 is 10.2 Å². The number of aliphatic hydroxyl groups is 1. The molecule has 0 fully saturated rings. The van der Waals surface area contributed by atoms with E-state index in [9.17, 15) is 4.79 Å². The highest BCUT2D eigenvalue weighted by molar-refractivity contribution is 9.10. The summed E-state index contributed by atoms with van der Waals surface area (Å²) in [5, 5.41) is 17.7. The van der Waals surface area contributed by atoms with E-state index in [1.807, 2.05) is 12.1 Å². The number of rotatable bonds is 4. The first-order chi connectivity index (χ1) is 7.04. The number of benzene rings is 1. The second kappa shape index (κ2) is 5.28. The summed E-state index contributed by atoms with van der Waals surface area (Å²) in [7, 11) is 0. The molecule has 0 saturated carbocycles. The number of carbonyl (C=O) groups is 1. The molecule has 0 saturated heterocycles. The summed E-state index contributed by atoms with van der Waals surface area (Å²) in [6, 6.07) is 5.45. The van der Waals surface area contributed by atoms with E-state index in [4.69, 9.17) is 10.2 Å². The van der Waals surface area contributed by atoms with Gasteiger partial charge in [0.15, 0.2) is 0 Å². The molecular formula is C11H13BrO3. The Kier molecular flexibility index (Phi) is 4.29. The first kappa shape index (κ1) is 12.2. The summed E-state index contributed by atoms with van der Waals surface area (Å²) in [5.74, 6) is -1.20. The minimum absolute atomic E-state index is 0.00658. The van der Waals surface area contributed by atoms with Crippen LogP contribution in [0.4, 0.5) is 0 Å². The number of hydrogen-bond donors (Lipinski definition) is 2. The third kappa shape index (κ3) is 3.32. The Balaban J connectivity index is 2.82. The highest BCUT2D eigenvalue weighted by Crippen LogP contribution is 2.21. The number of carboxylic acids is 1. The molecule has 0 amide bonds. The summed E-state index contributed by atoms with van der Waals surface area (Å²) in [5.41, 5.74) is 1.76. The van der Waals surface area contributed by atoms with E-state index >= 15 is 0 Å². The molecule has 0 bridgehead atoms. The Morgan fingerprint density at radius 1 is 1.53 bits per heavy atom. The normalized spacial score (nSPS) is 12.5. The van der Waals surface area contributed by atoms with Gasteiger partial charge in [0.1, 0.15) is 0 Å². The fraction of sp³-hybridized carbons (Fsp3) is 0.364. The lowest BCUT2D eigenvalue weighted by Crippen LogP contribution is -2.12. The maximum atomic E-state index is 10.7. The van der Waals surface area contributed by atoms with Gasteiger partial charge in [0, 0.05) is 4.47 Å². The van der Waals surface area contributed by atoms with Crippen molar-refractivity contribution < 1.29 is 15.0 Å². The van der Waals surface area contributed by atoms with E-state index in [0.717, 1.165) is 15.6 Å². The highest BCUT2D eigenvalue weighted by Gasteiger charge is 2.13. The molecule has 4 heteroatoms.